The molecule has 1 N–H and O–H groups in total. The Morgan fingerprint density at radius 3 is 2.53 bits per heavy atom. The van der Waals surface area contributed by atoms with Crippen LogP contribution in [-0.2, 0) is 6.54 Å². The predicted molar refractivity (Wildman–Crippen MR) is 63.0 cm³/mol. The molecule has 8 heteroatoms. The molecule has 0 amide bonds. The van der Waals surface area contributed by atoms with E-state index in [2.05, 4.69) is 5.32 Å². The summed E-state index contributed by atoms with van der Waals surface area (Å²) >= 11 is 5.82. The first-order valence-electron chi connectivity index (χ1n) is 5.50. The van der Waals surface area contributed by atoms with Gasteiger partial charge >= 0.3 is 6.18 Å². The molecule has 1 aliphatic carbocycles. The van der Waals surface area contributed by atoms with Gasteiger partial charge in [-0.25, -0.2) is 0 Å². The fourth-order valence-corrected chi connectivity index (χ4v) is 1.94. The van der Waals surface area contributed by atoms with Gasteiger partial charge < -0.3 is 0 Å². The number of non-ortho nitro benzene ring substituents is 1. The molecule has 2 rings (SSSR count). The summed E-state index contributed by atoms with van der Waals surface area (Å²) in [6.45, 7) is -0.153. The number of rotatable bonds is 4. The Morgan fingerprint density at radius 1 is 1.42 bits per heavy atom. The van der Waals surface area contributed by atoms with E-state index >= 15 is 0 Å². The van der Waals surface area contributed by atoms with Crippen molar-refractivity contribution in [3.8, 4) is 0 Å². The first-order chi connectivity index (χ1) is 8.75. The van der Waals surface area contributed by atoms with Gasteiger partial charge in [-0.15, -0.1) is 0 Å². The van der Waals surface area contributed by atoms with Gasteiger partial charge in [0.25, 0.3) is 5.69 Å². The molecule has 0 saturated heterocycles. The van der Waals surface area contributed by atoms with Crippen molar-refractivity contribution in [2.24, 2.45) is 0 Å². The van der Waals surface area contributed by atoms with Crippen LogP contribution in [-0.4, -0.2) is 16.6 Å². The number of hydrogen-bond acceptors (Lipinski definition) is 3. The molecule has 1 saturated carbocycles. The van der Waals surface area contributed by atoms with Crippen LogP contribution >= 0.6 is 11.6 Å². The zero-order chi connectivity index (χ0) is 14.3. The second-order valence-electron chi connectivity index (χ2n) is 4.47. The highest BCUT2D eigenvalue weighted by Crippen LogP contribution is 2.49. The quantitative estimate of drug-likeness (QED) is 0.683. The van der Waals surface area contributed by atoms with Gasteiger partial charge in [-0.1, -0.05) is 11.6 Å². The van der Waals surface area contributed by atoms with E-state index in [0.29, 0.717) is 0 Å². The van der Waals surface area contributed by atoms with E-state index in [9.17, 15) is 23.3 Å². The number of nitro groups is 1. The molecule has 104 valence electrons. The third kappa shape index (κ3) is 2.82. The van der Waals surface area contributed by atoms with E-state index in [0.717, 1.165) is 0 Å². The number of nitrogens with zero attached hydrogens (tertiary/aromatic N) is 1. The van der Waals surface area contributed by atoms with E-state index in [-0.39, 0.29) is 35.7 Å². The van der Waals surface area contributed by atoms with Crippen LogP contribution in [0.25, 0.3) is 0 Å². The van der Waals surface area contributed by atoms with Crippen LogP contribution in [0.5, 0.6) is 0 Å². The zero-order valence-electron chi connectivity index (χ0n) is 9.63. The lowest BCUT2D eigenvalue weighted by molar-refractivity contribution is -0.384. The molecule has 0 radical (unpaired) electrons. The second-order valence-corrected chi connectivity index (χ2v) is 4.87. The van der Waals surface area contributed by atoms with Crippen molar-refractivity contribution in [1.29, 1.82) is 0 Å². The number of benzene rings is 1. The number of hydrogen-bond donors (Lipinski definition) is 1. The molecule has 0 unspecified atom stereocenters. The van der Waals surface area contributed by atoms with Crippen LogP contribution < -0.4 is 5.32 Å². The van der Waals surface area contributed by atoms with Gasteiger partial charge in [0.1, 0.15) is 5.54 Å². The summed E-state index contributed by atoms with van der Waals surface area (Å²) in [5, 5.41) is 13.2. The summed E-state index contributed by atoms with van der Waals surface area (Å²) < 4.78 is 38.1. The minimum Gasteiger partial charge on any atom is -0.299 e. The van der Waals surface area contributed by atoms with Crippen molar-refractivity contribution in [2.75, 3.05) is 0 Å². The molecule has 0 atom stereocenters. The molecule has 0 aromatic heterocycles. The normalized spacial score (nSPS) is 17.3. The fourth-order valence-electron chi connectivity index (χ4n) is 1.76. The van der Waals surface area contributed by atoms with Gasteiger partial charge in [0.05, 0.1) is 4.92 Å². The first kappa shape index (κ1) is 14.1. The highest BCUT2D eigenvalue weighted by Gasteiger charge is 2.62. The van der Waals surface area contributed by atoms with Gasteiger partial charge in [0, 0.05) is 23.7 Å². The maximum atomic E-state index is 12.7. The first-order valence-corrected chi connectivity index (χ1v) is 5.87. The maximum absolute atomic E-state index is 12.7. The summed E-state index contributed by atoms with van der Waals surface area (Å²) in [5.41, 5.74) is -1.77. The van der Waals surface area contributed by atoms with Crippen LogP contribution in [0.2, 0.25) is 5.02 Å². The third-order valence-electron chi connectivity index (χ3n) is 3.15. The smallest absolute Gasteiger partial charge is 0.299 e. The number of nitrogens with one attached hydrogen (secondary N) is 1. The molecule has 1 fully saturated rings. The Labute approximate surface area is 111 Å². The molecule has 1 aromatic carbocycles. The molecular formula is C11H10ClF3N2O2. The van der Waals surface area contributed by atoms with Gasteiger partial charge in [0.15, 0.2) is 0 Å². The summed E-state index contributed by atoms with van der Waals surface area (Å²) in [6, 6.07) is 3.70. The predicted octanol–water partition coefficient (Wildman–Crippen LogP) is 3.43. The molecule has 1 aliphatic rings. The molecule has 19 heavy (non-hydrogen) atoms. The molecule has 4 nitrogen and oxygen atoms in total. The topological polar surface area (TPSA) is 55.2 Å². The van der Waals surface area contributed by atoms with Crippen molar-refractivity contribution >= 4 is 17.3 Å². The number of alkyl halides is 3. The summed E-state index contributed by atoms with van der Waals surface area (Å²) in [4.78, 5) is 9.98. The number of nitro benzene ring substituents is 1. The van der Waals surface area contributed by atoms with E-state index in [1.807, 2.05) is 0 Å². The minimum atomic E-state index is -4.32. The van der Waals surface area contributed by atoms with Crippen LogP contribution in [0.4, 0.5) is 18.9 Å². The molecule has 0 spiro atoms. The average molecular weight is 295 g/mol. The highest BCUT2D eigenvalue weighted by molar-refractivity contribution is 6.31. The lowest BCUT2D eigenvalue weighted by Crippen LogP contribution is -2.44. The van der Waals surface area contributed by atoms with Gasteiger partial charge in [-0.2, -0.15) is 13.2 Å². The average Bonchev–Trinajstić information content (AvgIpc) is 3.08. The Morgan fingerprint density at radius 2 is 2.05 bits per heavy atom. The monoisotopic (exact) mass is 294 g/mol. The molecule has 0 heterocycles. The van der Waals surface area contributed by atoms with Crippen molar-refractivity contribution in [3.05, 3.63) is 38.9 Å². The zero-order valence-corrected chi connectivity index (χ0v) is 10.4. The van der Waals surface area contributed by atoms with Crippen LogP contribution in [0.15, 0.2) is 18.2 Å². The highest BCUT2D eigenvalue weighted by atomic mass is 35.5. The molecular weight excluding hydrogens is 285 g/mol. The Bertz CT molecular complexity index is 515. The number of halogens is 4. The Hall–Kier alpha value is -1.34. The Balaban J connectivity index is 2.12. The lowest BCUT2D eigenvalue weighted by Gasteiger charge is -2.21. The second kappa shape index (κ2) is 4.64. The maximum Gasteiger partial charge on any atom is 0.406 e. The van der Waals surface area contributed by atoms with Crippen LogP contribution in [0.1, 0.15) is 18.4 Å². The van der Waals surface area contributed by atoms with Crippen molar-refractivity contribution in [2.45, 2.75) is 31.1 Å². The summed E-state index contributed by atoms with van der Waals surface area (Å²) in [5.74, 6) is 0. The molecule has 1 aromatic rings. The van der Waals surface area contributed by atoms with Crippen molar-refractivity contribution < 1.29 is 18.1 Å². The van der Waals surface area contributed by atoms with Crippen LogP contribution in [0, 0.1) is 10.1 Å². The fraction of sp³-hybridized carbons (Fsp3) is 0.455. The largest absolute Gasteiger partial charge is 0.406 e. The SMILES string of the molecule is O=[N+]([O-])c1ccc(Cl)c(CNC2(C(F)(F)F)CC2)c1. The molecule has 0 bridgehead atoms. The third-order valence-corrected chi connectivity index (χ3v) is 3.52. The van der Waals surface area contributed by atoms with E-state index in [4.69, 9.17) is 11.6 Å². The Kier molecular flexibility index (Phi) is 3.44. The summed E-state index contributed by atoms with van der Waals surface area (Å²) in [7, 11) is 0. The van der Waals surface area contributed by atoms with Crippen LogP contribution in [0.3, 0.4) is 0 Å². The summed E-state index contributed by atoms with van der Waals surface area (Å²) in [6.07, 6.45) is -4.29. The van der Waals surface area contributed by atoms with Gasteiger partial charge in [0.2, 0.25) is 0 Å². The van der Waals surface area contributed by atoms with Gasteiger partial charge in [-0.3, -0.25) is 15.4 Å². The van der Waals surface area contributed by atoms with Crippen molar-refractivity contribution in [1.82, 2.24) is 5.32 Å². The lowest BCUT2D eigenvalue weighted by atomic mass is 10.1. The van der Waals surface area contributed by atoms with E-state index < -0.39 is 16.6 Å². The van der Waals surface area contributed by atoms with Crippen molar-refractivity contribution in [3.63, 3.8) is 0 Å². The minimum absolute atomic E-state index is 0.0169. The molecule has 0 aliphatic heterocycles. The van der Waals surface area contributed by atoms with Gasteiger partial charge in [-0.05, 0) is 24.5 Å². The van der Waals surface area contributed by atoms with E-state index in [1.54, 1.807) is 0 Å². The standard InChI is InChI=1S/C11H10ClF3N2O2/c12-9-2-1-8(17(18)19)5-7(9)6-16-10(3-4-10)11(13,14)15/h1-2,5,16H,3-4,6H2. The van der Waals surface area contributed by atoms with E-state index in [1.165, 1.54) is 18.2 Å².